The molecule has 5 nitrogen and oxygen atoms in total. The normalized spacial score (nSPS) is 14.0. The maximum Gasteiger partial charge on any atom is 0.264 e. The second kappa shape index (κ2) is 5.53. The van der Waals surface area contributed by atoms with Crippen LogP contribution < -0.4 is 9.04 Å². The van der Waals surface area contributed by atoms with Crippen LogP contribution in [0.15, 0.2) is 47.4 Å². The number of hydrogen-bond donors (Lipinski definition) is 1. The Labute approximate surface area is 129 Å². The number of nitrogens with zero attached hydrogens (tertiary/aromatic N) is 1. The van der Waals surface area contributed by atoms with E-state index < -0.39 is 10.0 Å². The highest BCUT2D eigenvalue weighted by atomic mass is 32.2. The van der Waals surface area contributed by atoms with Crippen LogP contribution in [0.4, 0.5) is 5.69 Å². The lowest BCUT2D eigenvalue weighted by atomic mass is 10.1. The van der Waals surface area contributed by atoms with Gasteiger partial charge in [-0.2, -0.15) is 0 Å². The maximum absolute atomic E-state index is 12.7. The van der Waals surface area contributed by atoms with Gasteiger partial charge < -0.3 is 9.84 Å². The monoisotopic (exact) mass is 319 g/mol. The number of phenolic OH excluding ortho intramolecular Hbond substituents is 1. The van der Waals surface area contributed by atoms with Gasteiger partial charge in [-0.1, -0.05) is 0 Å². The van der Waals surface area contributed by atoms with Gasteiger partial charge in [-0.15, -0.1) is 0 Å². The van der Waals surface area contributed by atoms with Crippen LogP contribution in [0.2, 0.25) is 0 Å². The van der Waals surface area contributed by atoms with Crippen LogP contribution in [-0.4, -0.2) is 27.2 Å². The molecule has 0 saturated heterocycles. The largest absolute Gasteiger partial charge is 0.508 e. The Kier molecular flexibility index (Phi) is 3.70. The fourth-order valence-electron chi connectivity index (χ4n) is 2.46. The Morgan fingerprint density at radius 1 is 1.14 bits per heavy atom. The minimum absolute atomic E-state index is 0.0977. The van der Waals surface area contributed by atoms with Crippen molar-refractivity contribution < 1.29 is 18.3 Å². The van der Waals surface area contributed by atoms with Crippen molar-refractivity contribution in [1.29, 1.82) is 0 Å². The average Bonchev–Trinajstić information content (AvgIpc) is 2.54. The van der Waals surface area contributed by atoms with Gasteiger partial charge in [0.1, 0.15) is 11.5 Å². The molecule has 0 fully saturated rings. The summed E-state index contributed by atoms with van der Waals surface area (Å²) >= 11 is 0. The van der Waals surface area contributed by atoms with E-state index in [4.69, 9.17) is 4.74 Å². The summed E-state index contributed by atoms with van der Waals surface area (Å²) in [5.41, 5.74) is 1.42. The average molecular weight is 319 g/mol. The minimum atomic E-state index is -3.64. The Bertz CT molecular complexity index is 784. The van der Waals surface area contributed by atoms with E-state index in [1.54, 1.807) is 30.3 Å². The van der Waals surface area contributed by atoms with E-state index in [2.05, 4.69) is 0 Å². The highest BCUT2D eigenvalue weighted by Gasteiger charge is 2.23. The van der Waals surface area contributed by atoms with Gasteiger partial charge in [-0.25, -0.2) is 8.42 Å². The molecule has 2 aromatic rings. The molecule has 6 heteroatoms. The van der Waals surface area contributed by atoms with E-state index in [0.29, 0.717) is 12.3 Å². The molecule has 0 radical (unpaired) electrons. The van der Waals surface area contributed by atoms with Gasteiger partial charge in [0.2, 0.25) is 0 Å². The first-order valence-corrected chi connectivity index (χ1v) is 8.46. The van der Waals surface area contributed by atoms with Gasteiger partial charge in [0, 0.05) is 7.05 Å². The van der Waals surface area contributed by atoms with Gasteiger partial charge >= 0.3 is 0 Å². The van der Waals surface area contributed by atoms with E-state index in [-0.39, 0.29) is 10.6 Å². The molecular weight excluding hydrogens is 302 g/mol. The molecule has 0 spiro atoms. The molecule has 0 unspecified atom stereocenters. The van der Waals surface area contributed by atoms with Crippen LogP contribution in [0.3, 0.4) is 0 Å². The number of rotatable bonds is 3. The Morgan fingerprint density at radius 3 is 2.59 bits per heavy atom. The lowest BCUT2D eigenvalue weighted by molar-refractivity contribution is 0.288. The molecule has 0 amide bonds. The number of benzene rings is 2. The van der Waals surface area contributed by atoms with Crippen molar-refractivity contribution in [1.82, 2.24) is 0 Å². The molecule has 1 aliphatic heterocycles. The van der Waals surface area contributed by atoms with Gasteiger partial charge in [-0.05, 0) is 60.9 Å². The predicted octanol–water partition coefficient (Wildman–Crippen LogP) is 2.54. The summed E-state index contributed by atoms with van der Waals surface area (Å²) in [6.45, 7) is 0.673. The number of sulfonamides is 1. The number of phenols is 1. The number of aromatic hydroxyl groups is 1. The van der Waals surface area contributed by atoms with Crippen LogP contribution in [-0.2, 0) is 16.4 Å². The van der Waals surface area contributed by atoms with Crippen molar-refractivity contribution in [2.75, 3.05) is 18.0 Å². The summed E-state index contributed by atoms with van der Waals surface area (Å²) in [5.74, 6) is 0.859. The summed E-state index contributed by atoms with van der Waals surface area (Å²) in [6, 6.07) is 11.0. The highest BCUT2D eigenvalue weighted by Crippen LogP contribution is 2.30. The minimum Gasteiger partial charge on any atom is -0.508 e. The van der Waals surface area contributed by atoms with Crippen molar-refractivity contribution in [3.05, 3.63) is 48.0 Å². The molecule has 0 aliphatic carbocycles. The van der Waals surface area contributed by atoms with Crippen LogP contribution in [0.5, 0.6) is 11.5 Å². The summed E-state index contributed by atoms with van der Waals surface area (Å²) in [5, 5.41) is 9.31. The summed E-state index contributed by atoms with van der Waals surface area (Å²) < 4.78 is 32.2. The summed E-state index contributed by atoms with van der Waals surface area (Å²) in [7, 11) is -2.14. The zero-order valence-electron chi connectivity index (χ0n) is 12.2. The molecule has 0 aromatic heterocycles. The zero-order chi connectivity index (χ0) is 15.7. The third-order valence-corrected chi connectivity index (χ3v) is 5.53. The molecule has 116 valence electrons. The summed E-state index contributed by atoms with van der Waals surface area (Å²) in [4.78, 5) is 0.243. The molecule has 1 heterocycles. The topological polar surface area (TPSA) is 66.8 Å². The zero-order valence-corrected chi connectivity index (χ0v) is 13.0. The molecule has 22 heavy (non-hydrogen) atoms. The van der Waals surface area contributed by atoms with Crippen molar-refractivity contribution in [2.24, 2.45) is 0 Å². The third kappa shape index (κ3) is 2.62. The first-order valence-electron chi connectivity index (χ1n) is 7.02. The van der Waals surface area contributed by atoms with Crippen LogP contribution in [0.25, 0.3) is 0 Å². The lowest BCUT2D eigenvalue weighted by Gasteiger charge is -2.22. The van der Waals surface area contributed by atoms with E-state index in [9.17, 15) is 13.5 Å². The van der Waals surface area contributed by atoms with Gasteiger partial charge in [-0.3, -0.25) is 4.31 Å². The first-order chi connectivity index (χ1) is 10.5. The second-order valence-corrected chi connectivity index (χ2v) is 7.18. The van der Waals surface area contributed by atoms with E-state index in [0.717, 1.165) is 24.2 Å². The Balaban J connectivity index is 1.97. The van der Waals surface area contributed by atoms with Gasteiger partial charge in [0.25, 0.3) is 10.0 Å². The van der Waals surface area contributed by atoms with Gasteiger partial charge in [0.15, 0.2) is 0 Å². The molecular formula is C16H17NO4S. The number of ether oxygens (including phenoxy) is 1. The lowest BCUT2D eigenvalue weighted by Crippen LogP contribution is -2.26. The van der Waals surface area contributed by atoms with E-state index in [1.165, 1.54) is 23.5 Å². The van der Waals surface area contributed by atoms with E-state index >= 15 is 0 Å². The van der Waals surface area contributed by atoms with E-state index in [1.807, 2.05) is 0 Å². The summed E-state index contributed by atoms with van der Waals surface area (Å²) in [6.07, 6.45) is 1.71. The van der Waals surface area contributed by atoms with Gasteiger partial charge in [0.05, 0.1) is 17.2 Å². The van der Waals surface area contributed by atoms with Crippen molar-refractivity contribution in [2.45, 2.75) is 17.7 Å². The molecule has 2 aromatic carbocycles. The highest BCUT2D eigenvalue weighted by molar-refractivity contribution is 7.92. The number of hydrogen-bond acceptors (Lipinski definition) is 4. The quantitative estimate of drug-likeness (QED) is 0.944. The third-order valence-electron chi connectivity index (χ3n) is 3.75. The Hall–Kier alpha value is -2.21. The molecule has 1 aliphatic rings. The molecule has 1 N–H and O–H groups in total. The molecule has 0 atom stereocenters. The first kappa shape index (κ1) is 14.7. The second-order valence-electron chi connectivity index (χ2n) is 5.21. The fraction of sp³-hybridized carbons (Fsp3) is 0.250. The molecule has 0 saturated carbocycles. The standard InChI is InChI=1S/C16H17NO4S/c1-17(13-4-6-14(18)7-5-13)22(19,20)15-8-9-16-12(11-15)3-2-10-21-16/h4-9,11,18H,2-3,10H2,1H3. The van der Waals surface area contributed by atoms with Crippen LogP contribution >= 0.6 is 0 Å². The molecule has 0 bridgehead atoms. The SMILES string of the molecule is CN(c1ccc(O)cc1)S(=O)(=O)c1ccc2c(c1)CCCO2. The fourth-order valence-corrected chi connectivity index (χ4v) is 3.70. The van der Waals surface area contributed by atoms with Crippen molar-refractivity contribution >= 4 is 15.7 Å². The smallest absolute Gasteiger partial charge is 0.264 e. The maximum atomic E-state index is 12.7. The van der Waals surface area contributed by atoms with Crippen molar-refractivity contribution in [3.8, 4) is 11.5 Å². The molecule has 3 rings (SSSR count). The number of anilines is 1. The predicted molar refractivity (Wildman–Crippen MR) is 84.0 cm³/mol. The van der Waals surface area contributed by atoms with Crippen LogP contribution in [0.1, 0.15) is 12.0 Å². The Morgan fingerprint density at radius 2 is 1.86 bits per heavy atom. The number of fused-ring (bicyclic) bond motifs is 1. The van der Waals surface area contributed by atoms with Crippen molar-refractivity contribution in [3.63, 3.8) is 0 Å². The number of aryl methyl sites for hydroxylation is 1. The van der Waals surface area contributed by atoms with Crippen LogP contribution in [0, 0.1) is 0 Å².